The van der Waals surface area contributed by atoms with Crippen LogP contribution >= 0.6 is 0 Å². The van der Waals surface area contributed by atoms with E-state index in [2.05, 4.69) is 15.4 Å². The molecule has 0 aliphatic carbocycles. The van der Waals surface area contributed by atoms with Crippen molar-refractivity contribution in [2.75, 3.05) is 0 Å². The van der Waals surface area contributed by atoms with Crippen LogP contribution in [0.15, 0.2) is 55.0 Å². The Morgan fingerprint density at radius 2 is 1.88 bits per heavy atom. The number of hydrogen-bond acceptors (Lipinski definition) is 3. The van der Waals surface area contributed by atoms with Crippen LogP contribution in [-0.4, -0.2) is 20.7 Å². The summed E-state index contributed by atoms with van der Waals surface area (Å²) in [6.45, 7) is 1.09. The summed E-state index contributed by atoms with van der Waals surface area (Å²) in [4.78, 5) is 16.7. The third-order valence-corrected chi connectivity index (χ3v) is 4.25. The number of rotatable bonds is 5. The van der Waals surface area contributed by atoms with Crippen LogP contribution in [-0.2, 0) is 0 Å². The molecule has 1 aromatic carbocycles. The third kappa shape index (κ3) is 3.61. The van der Waals surface area contributed by atoms with Crippen LogP contribution in [0.4, 0.5) is 8.78 Å². The van der Waals surface area contributed by atoms with Crippen LogP contribution in [0.5, 0.6) is 0 Å². The van der Waals surface area contributed by atoms with Gasteiger partial charge in [0.2, 0.25) is 0 Å². The van der Waals surface area contributed by atoms with Crippen molar-refractivity contribution in [1.82, 2.24) is 20.1 Å². The minimum absolute atomic E-state index is 0.197. The number of nitrogens with zero attached hydrogens (tertiary/aromatic N) is 3. The van der Waals surface area contributed by atoms with Gasteiger partial charge in [-0.25, -0.2) is 0 Å². The fourth-order valence-corrected chi connectivity index (χ4v) is 2.70. The standard InChI is InChI=1S/C19H18F2N4O/c1-12-5-6-14(10-13(12)2)17(15-4-3-8-22-11-15)24-18(26)16-7-9-23-25(16)19(20)21/h3-11,17,19H,1-2H3,(H,24,26). The SMILES string of the molecule is Cc1ccc(C(NC(=O)c2ccnn2C(F)F)c2cccnc2)cc1C. The van der Waals surface area contributed by atoms with Gasteiger partial charge in [-0.05, 0) is 48.2 Å². The molecule has 2 aromatic heterocycles. The minimum atomic E-state index is -2.88. The Hall–Kier alpha value is -3.09. The molecule has 0 saturated heterocycles. The Morgan fingerprint density at radius 3 is 2.54 bits per heavy atom. The number of aryl methyl sites for hydroxylation is 2. The topological polar surface area (TPSA) is 59.8 Å². The highest BCUT2D eigenvalue weighted by Crippen LogP contribution is 2.24. The van der Waals surface area contributed by atoms with Crippen molar-refractivity contribution in [3.8, 4) is 0 Å². The van der Waals surface area contributed by atoms with Gasteiger partial charge in [-0.3, -0.25) is 9.78 Å². The van der Waals surface area contributed by atoms with Gasteiger partial charge in [0, 0.05) is 18.6 Å². The van der Waals surface area contributed by atoms with E-state index in [4.69, 9.17) is 0 Å². The Kier molecular flexibility index (Phi) is 5.06. The molecule has 3 rings (SSSR count). The summed E-state index contributed by atoms with van der Waals surface area (Å²) in [5, 5.41) is 6.33. The fraction of sp³-hybridized carbons (Fsp3) is 0.211. The van der Waals surface area contributed by atoms with Gasteiger partial charge in [-0.2, -0.15) is 18.6 Å². The molecule has 0 radical (unpaired) electrons. The predicted octanol–water partition coefficient (Wildman–Crippen LogP) is 3.81. The molecule has 0 saturated carbocycles. The lowest BCUT2D eigenvalue weighted by molar-refractivity contribution is 0.0508. The van der Waals surface area contributed by atoms with Crippen molar-refractivity contribution in [3.05, 3.63) is 82.9 Å². The van der Waals surface area contributed by atoms with Gasteiger partial charge in [-0.15, -0.1) is 0 Å². The first kappa shape index (κ1) is 17.7. The Bertz CT molecular complexity index is 909. The molecule has 0 bridgehead atoms. The quantitative estimate of drug-likeness (QED) is 0.756. The zero-order chi connectivity index (χ0) is 18.7. The molecule has 0 fully saturated rings. The maximum Gasteiger partial charge on any atom is 0.333 e. The minimum Gasteiger partial charge on any atom is -0.340 e. The summed E-state index contributed by atoms with van der Waals surface area (Å²) in [6.07, 6.45) is 4.45. The molecule has 7 heteroatoms. The maximum absolute atomic E-state index is 13.0. The summed E-state index contributed by atoms with van der Waals surface area (Å²) < 4.78 is 26.4. The average Bonchev–Trinajstić information content (AvgIpc) is 3.13. The van der Waals surface area contributed by atoms with Crippen LogP contribution in [0.2, 0.25) is 0 Å². The van der Waals surface area contributed by atoms with Crippen molar-refractivity contribution in [2.45, 2.75) is 26.4 Å². The van der Waals surface area contributed by atoms with E-state index in [-0.39, 0.29) is 5.69 Å². The number of carbonyl (C=O) groups is 1. The van der Waals surface area contributed by atoms with Crippen molar-refractivity contribution >= 4 is 5.91 Å². The van der Waals surface area contributed by atoms with E-state index in [9.17, 15) is 13.6 Å². The van der Waals surface area contributed by atoms with Gasteiger partial charge in [0.05, 0.1) is 6.04 Å². The first-order valence-electron chi connectivity index (χ1n) is 8.07. The summed E-state index contributed by atoms with van der Waals surface area (Å²) in [5.41, 5.74) is 3.60. The van der Waals surface area contributed by atoms with Crippen LogP contribution in [0.25, 0.3) is 0 Å². The number of halogens is 2. The smallest absolute Gasteiger partial charge is 0.333 e. The van der Waals surface area contributed by atoms with Crippen LogP contribution in [0.1, 0.15) is 45.3 Å². The second-order valence-electron chi connectivity index (χ2n) is 5.98. The van der Waals surface area contributed by atoms with E-state index in [1.54, 1.807) is 18.5 Å². The van der Waals surface area contributed by atoms with E-state index in [0.717, 1.165) is 22.3 Å². The molecule has 5 nitrogen and oxygen atoms in total. The normalized spacial score (nSPS) is 12.2. The summed E-state index contributed by atoms with van der Waals surface area (Å²) in [7, 11) is 0. The largest absolute Gasteiger partial charge is 0.340 e. The van der Waals surface area contributed by atoms with E-state index in [0.29, 0.717) is 4.68 Å². The zero-order valence-corrected chi connectivity index (χ0v) is 14.4. The molecule has 134 valence electrons. The Balaban J connectivity index is 1.97. The van der Waals surface area contributed by atoms with Gasteiger partial charge in [0.1, 0.15) is 5.69 Å². The number of pyridine rings is 1. The number of alkyl halides is 2. The molecule has 3 aromatic rings. The van der Waals surface area contributed by atoms with E-state index < -0.39 is 18.5 Å². The van der Waals surface area contributed by atoms with Crippen molar-refractivity contribution in [1.29, 1.82) is 0 Å². The van der Waals surface area contributed by atoms with E-state index in [1.165, 1.54) is 12.3 Å². The molecular formula is C19H18F2N4O. The highest BCUT2D eigenvalue weighted by Gasteiger charge is 2.23. The average molecular weight is 356 g/mol. The molecule has 0 spiro atoms. The van der Waals surface area contributed by atoms with Crippen LogP contribution in [0, 0.1) is 13.8 Å². The fourth-order valence-electron chi connectivity index (χ4n) is 2.70. The van der Waals surface area contributed by atoms with E-state index >= 15 is 0 Å². The van der Waals surface area contributed by atoms with Crippen LogP contribution < -0.4 is 5.32 Å². The Labute approximate surface area is 149 Å². The number of benzene rings is 1. The lowest BCUT2D eigenvalue weighted by Crippen LogP contribution is -2.31. The predicted molar refractivity (Wildman–Crippen MR) is 92.9 cm³/mol. The Morgan fingerprint density at radius 1 is 1.08 bits per heavy atom. The maximum atomic E-state index is 13.0. The molecule has 1 unspecified atom stereocenters. The lowest BCUT2D eigenvalue weighted by atomic mass is 9.96. The van der Waals surface area contributed by atoms with Crippen molar-refractivity contribution < 1.29 is 13.6 Å². The second-order valence-corrected chi connectivity index (χ2v) is 5.98. The van der Waals surface area contributed by atoms with Gasteiger partial charge in [0.15, 0.2) is 0 Å². The second kappa shape index (κ2) is 7.43. The summed E-state index contributed by atoms with van der Waals surface area (Å²) >= 11 is 0. The number of nitrogens with one attached hydrogen (secondary N) is 1. The van der Waals surface area contributed by atoms with Gasteiger partial charge in [0.25, 0.3) is 5.91 Å². The third-order valence-electron chi connectivity index (χ3n) is 4.25. The number of hydrogen-bond donors (Lipinski definition) is 1. The molecule has 26 heavy (non-hydrogen) atoms. The van der Waals surface area contributed by atoms with Gasteiger partial charge < -0.3 is 5.32 Å². The highest BCUT2D eigenvalue weighted by atomic mass is 19.3. The molecular weight excluding hydrogens is 338 g/mol. The summed E-state index contributed by atoms with van der Waals surface area (Å²) in [5.74, 6) is -0.630. The van der Waals surface area contributed by atoms with E-state index in [1.807, 2.05) is 38.1 Å². The van der Waals surface area contributed by atoms with Crippen molar-refractivity contribution in [2.24, 2.45) is 0 Å². The van der Waals surface area contributed by atoms with Crippen LogP contribution in [0.3, 0.4) is 0 Å². The molecule has 1 N–H and O–H groups in total. The number of aromatic nitrogens is 3. The van der Waals surface area contributed by atoms with Gasteiger partial charge >= 0.3 is 6.55 Å². The molecule has 1 amide bonds. The van der Waals surface area contributed by atoms with Gasteiger partial charge in [-0.1, -0.05) is 24.3 Å². The molecule has 0 aliphatic heterocycles. The number of amides is 1. The first-order chi connectivity index (χ1) is 12.5. The zero-order valence-electron chi connectivity index (χ0n) is 14.4. The first-order valence-corrected chi connectivity index (χ1v) is 8.07. The lowest BCUT2D eigenvalue weighted by Gasteiger charge is -2.20. The summed E-state index contributed by atoms with van der Waals surface area (Å²) in [6, 6.07) is 10.2. The molecule has 1 atom stereocenters. The monoisotopic (exact) mass is 356 g/mol. The molecule has 0 aliphatic rings. The highest BCUT2D eigenvalue weighted by molar-refractivity contribution is 5.93. The number of carbonyl (C=O) groups excluding carboxylic acids is 1. The van der Waals surface area contributed by atoms with Crippen molar-refractivity contribution in [3.63, 3.8) is 0 Å². The molecule has 2 heterocycles.